The largest absolute Gasteiger partial charge is 0.349 e. The second-order valence-corrected chi connectivity index (χ2v) is 6.49. The van der Waals surface area contributed by atoms with E-state index in [1.165, 1.54) is 4.68 Å². The van der Waals surface area contributed by atoms with E-state index in [1.807, 2.05) is 13.8 Å². The van der Waals surface area contributed by atoms with E-state index in [4.69, 9.17) is 0 Å². The van der Waals surface area contributed by atoms with Crippen LogP contribution in [0.15, 0.2) is 6.07 Å². The normalized spacial score (nSPS) is 11.8. The smallest absolute Gasteiger partial charge is 0.269 e. The Morgan fingerprint density at radius 2 is 2.05 bits per heavy atom. The molecule has 0 aliphatic rings. The Morgan fingerprint density at radius 3 is 2.53 bits per heavy atom. The highest BCUT2D eigenvalue weighted by atomic mass is 32.2. The van der Waals surface area contributed by atoms with Crippen molar-refractivity contribution in [3.8, 4) is 0 Å². The Hall–Kier alpha value is -1.41. The predicted octanol–water partition coefficient (Wildman–Crippen LogP) is -0.177. The van der Waals surface area contributed by atoms with E-state index in [0.717, 1.165) is 11.9 Å². The van der Waals surface area contributed by atoms with Gasteiger partial charge in [-0.15, -0.1) is 0 Å². The van der Waals surface area contributed by atoms with Crippen molar-refractivity contribution in [3.05, 3.63) is 17.5 Å². The Morgan fingerprint density at radius 1 is 1.42 bits per heavy atom. The molecule has 0 saturated heterocycles. The first kappa shape index (κ1) is 15.6. The standard InChI is InChI=1S/C11H20N4O3S/c1-8(2)9-7-10(15(3)14-9)11(16)12-5-6-13-19(4,17)18/h7-8,13H,5-6H2,1-4H3,(H,12,16). The second kappa shape index (κ2) is 6.16. The van der Waals surface area contributed by atoms with Crippen LogP contribution in [0.1, 0.15) is 35.9 Å². The highest BCUT2D eigenvalue weighted by molar-refractivity contribution is 7.88. The van der Waals surface area contributed by atoms with E-state index in [-0.39, 0.29) is 24.9 Å². The van der Waals surface area contributed by atoms with Gasteiger partial charge in [-0.25, -0.2) is 13.1 Å². The van der Waals surface area contributed by atoms with Crippen LogP contribution in [0.5, 0.6) is 0 Å². The first-order valence-corrected chi connectivity index (χ1v) is 7.86. The van der Waals surface area contributed by atoms with Crippen molar-refractivity contribution < 1.29 is 13.2 Å². The van der Waals surface area contributed by atoms with E-state index in [0.29, 0.717) is 5.69 Å². The third-order valence-electron chi connectivity index (χ3n) is 2.50. The molecule has 0 aliphatic heterocycles. The number of carbonyl (C=O) groups excluding carboxylic acids is 1. The van der Waals surface area contributed by atoms with Crippen LogP contribution in [0.4, 0.5) is 0 Å². The highest BCUT2D eigenvalue weighted by Crippen LogP contribution is 2.13. The maximum atomic E-state index is 11.9. The minimum absolute atomic E-state index is 0.166. The molecule has 1 heterocycles. The molecule has 0 radical (unpaired) electrons. The van der Waals surface area contributed by atoms with Gasteiger partial charge in [-0.1, -0.05) is 13.8 Å². The Balaban J connectivity index is 2.54. The van der Waals surface area contributed by atoms with Gasteiger partial charge >= 0.3 is 0 Å². The number of amides is 1. The van der Waals surface area contributed by atoms with Crippen molar-refractivity contribution in [2.45, 2.75) is 19.8 Å². The fraction of sp³-hybridized carbons (Fsp3) is 0.636. The van der Waals surface area contributed by atoms with Crippen molar-refractivity contribution in [2.24, 2.45) is 7.05 Å². The van der Waals surface area contributed by atoms with Gasteiger partial charge in [0.2, 0.25) is 10.0 Å². The molecule has 108 valence electrons. The maximum absolute atomic E-state index is 11.9. The number of nitrogens with one attached hydrogen (secondary N) is 2. The summed E-state index contributed by atoms with van der Waals surface area (Å²) >= 11 is 0. The summed E-state index contributed by atoms with van der Waals surface area (Å²) in [7, 11) is -1.52. The number of aromatic nitrogens is 2. The molecule has 0 spiro atoms. The summed E-state index contributed by atoms with van der Waals surface area (Å²) in [5.74, 6) is -0.0168. The third-order valence-corrected chi connectivity index (χ3v) is 3.23. The van der Waals surface area contributed by atoms with Crippen molar-refractivity contribution in [3.63, 3.8) is 0 Å². The predicted molar refractivity (Wildman–Crippen MR) is 72.5 cm³/mol. The van der Waals surface area contributed by atoms with Crippen molar-refractivity contribution in [2.75, 3.05) is 19.3 Å². The molecule has 8 heteroatoms. The molecule has 0 aromatic carbocycles. The number of hydrogen-bond acceptors (Lipinski definition) is 4. The number of rotatable bonds is 6. The Labute approximate surface area is 113 Å². The minimum Gasteiger partial charge on any atom is -0.349 e. The molecule has 0 saturated carbocycles. The van der Waals surface area contributed by atoms with Gasteiger partial charge in [0.25, 0.3) is 5.91 Å². The van der Waals surface area contributed by atoms with Crippen molar-refractivity contribution >= 4 is 15.9 Å². The molecule has 0 atom stereocenters. The van der Waals surface area contributed by atoms with Crippen LogP contribution in [0, 0.1) is 0 Å². The molecule has 7 nitrogen and oxygen atoms in total. The summed E-state index contributed by atoms with van der Waals surface area (Å²) in [6.07, 6.45) is 1.07. The maximum Gasteiger partial charge on any atom is 0.269 e. The molecule has 19 heavy (non-hydrogen) atoms. The molecule has 0 bridgehead atoms. The Kier molecular flexibility index (Phi) is 5.07. The minimum atomic E-state index is -3.22. The van der Waals surface area contributed by atoms with Gasteiger partial charge < -0.3 is 5.32 Å². The number of nitrogens with zero attached hydrogens (tertiary/aromatic N) is 2. The molecular formula is C11H20N4O3S. The molecule has 0 fully saturated rings. The lowest BCUT2D eigenvalue weighted by atomic mass is 10.1. The molecule has 1 aromatic heterocycles. The third kappa shape index (κ3) is 4.99. The summed E-state index contributed by atoms with van der Waals surface area (Å²) in [5.41, 5.74) is 1.31. The summed E-state index contributed by atoms with van der Waals surface area (Å²) in [5, 5.41) is 6.88. The van der Waals surface area contributed by atoms with E-state index in [9.17, 15) is 13.2 Å². The van der Waals surface area contributed by atoms with Crippen LogP contribution in [0.25, 0.3) is 0 Å². The zero-order chi connectivity index (χ0) is 14.6. The Bertz CT molecular complexity index is 548. The van der Waals surface area contributed by atoms with Gasteiger partial charge in [-0.2, -0.15) is 5.10 Å². The fourth-order valence-electron chi connectivity index (χ4n) is 1.49. The zero-order valence-corrected chi connectivity index (χ0v) is 12.4. The first-order valence-electron chi connectivity index (χ1n) is 5.97. The lowest BCUT2D eigenvalue weighted by molar-refractivity contribution is 0.0945. The van der Waals surface area contributed by atoms with Gasteiger partial charge in [0.15, 0.2) is 0 Å². The van der Waals surface area contributed by atoms with Crippen LogP contribution in [0.3, 0.4) is 0 Å². The number of carbonyl (C=O) groups is 1. The SMILES string of the molecule is CC(C)c1cc(C(=O)NCCNS(C)(=O)=O)n(C)n1. The fourth-order valence-corrected chi connectivity index (χ4v) is 1.96. The van der Waals surface area contributed by atoms with Gasteiger partial charge in [0.1, 0.15) is 5.69 Å². The van der Waals surface area contributed by atoms with Crippen LogP contribution in [0.2, 0.25) is 0 Å². The molecule has 2 N–H and O–H groups in total. The van der Waals surface area contributed by atoms with Crippen LogP contribution >= 0.6 is 0 Å². The van der Waals surface area contributed by atoms with Gasteiger partial charge in [-0.05, 0) is 12.0 Å². The van der Waals surface area contributed by atoms with Crippen molar-refractivity contribution in [1.29, 1.82) is 0 Å². The monoisotopic (exact) mass is 288 g/mol. The quantitative estimate of drug-likeness (QED) is 0.710. The summed E-state index contributed by atoms with van der Waals surface area (Å²) in [6.45, 7) is 4.40. The molecule has 1 amide bonds. The lowest BCUT2D eigenvalue weighted by Crippen LogP contribution is -2.34. The lowest BCUT2D eigenvalue weighted by Gasteiger charge is -2.05. The van der Waals surface area contributed by atoms with E-state index in [2.05, 4.69) is 15.1 Å². The topological polar surface area (TPSA) is 93.1 Å². The van der Waals surface area contributed by atoms with E-state index < -0.39 is 10.0 Å². The average molecular weight is 288 g/mol. The summed E-state index contributed by atoms with van der Waals surface area (Å²) < 4.78 is 25.5. The molecule has 1 aromatic rings. The molecule has 0 aliphatic carbocycles. The van der Waals surface area contributed by atoms with Gasteiger partial charge in [-0.3, -0.25) is 9.48 Å². The number of sulfonamides is 1. The van der Waals surface area contributed by atoms with Crippen LogP contribution in [-0.4, -0.2) is 43.5 Å². The van der Waals surface area contributed by atoms with Gasteiger partial charge in [0, 0.05) is 20.1 Å². The molecule has 1 rings (SSSR count). The van der Waals surface area contributed by atoms with Gasteiger partial charge in [0.05, 0.1) is 11.9 Å². The molecule has 0 unspecified atom stereocenters. The van der Waals surface area contributed by atoms with E-state index in [1.54, 1.807) is 13.1 Å². The van der Waals surface area contributed by atoms with Crippen LogP contribution < -0.4 is 10.0 Å². The highest BCUT2D eigenvalue weighted by Gasteiger charge is 2.14. The second-order valence-electron chi connectivity index (χ2n) is 4.66. The average Bonchev–Trinajstić information content (AvgIpc) is 2.65. The van der Waals surface area contributed by atoms with Crippen molar-refractivity contribution in [1.82, 2.24) is 19.8 Å². The summed E-state index contributed by atoms with van der Waals surface area (Å²) in [4.78, 5) is 11.9. The van der Waals surface area contributed by atoms with E-state index >= 15 is 0 Å². The summed E-state index contributed by atoms with van der Waals surface area (Å²) in [6, 6.07) is 1.74. The number of aryl methyl sites for hydroxylation is 1. The van der Waals surface area contributed by atoms with Crippen LogP contribution in [-0.2, 0) is 17.1 Å². The molecular weight excluding hydrogens is 268 g/mol. The number of hydrogen-bond donors (Lipinski definition) is 2. The first-order chi connectivity index (χ1) is 8.70. The zero-order valence-electron chi connectivity index (χ0n) is 11.6.